The van der Waals surface area contributed by atoms with Gasteiger partial charge >= 0.3 is 0 Å². The molecule has 2 aromatic rings. The lowest BCUT2D eigenvalue weighted by molar-refractivity contribution is 0.103. The summed E-state index contributed by atoms with van der Waals surface area (Å²) < 4.78 is 1.75. The normalized spacial score (nSPS) is 10.2. The highest BCUT2D eigenvalue weighted by molar-refractivity contribution is 9.10. The minimum absolute atomic E-state index is 0.0366. The van der Waals surface area contributed by atoms with Crippen LogP contribution in [0.5, 0.6) is 0 Å². The number of carbonyl (C=O) groups is 1. The molecule has 0 aliphatic carbocycles. The van der Waals surface area contributed by atoms with Gasteiger partial charge in [0, 0.05) is 25.8 Å². The SMILES string of the molecule is Nc1cc(Br)cc(C(=O)c2ccc(Br)cc2)c1. The zero-order valence-corrected chi connectivity index (χ0v) is 12.0. The molecule has 0 saturated carbocycles. The molecule has 17 heavy (non-hydrogen) atoms. The first-order valence-electron chi connectivity index (χ1n) is 4.92. The van der Waals surface area contributed by atoms with Gasteiger partial charge in [0.05, 0.1) is 0 Å². The number of nitrogen functional groups attached to an aromatic ring is 1. The largest absolute Gasteiger partial charge is 0.399 e. The fourth-order valence-corrected chi connectivity index (χ4v) is 2.29. The summed E-state index contributed by atoms with van der Waals surface area (Å²) in [4.78, 5) is 12.2. The Morgan fingerprint density at radius 3 is 2.12 bits per heavy atom. The van der Waals surface area contributed by atoms with Crippen molar-refractivity contribution < 1.29 is 4.79 Å². The maximum absolute atomic E-state index is 12.2. The van der Waals surface area contributed by atoms with E-state index in [0.717, 1.165) is 8.95 Å². The second kappa shape index (κ2) is 5.02. The number of halogens is 2. The highest BCUT2D eigenvalue weighted by atomic mass is 79.9. The van der Waals surface area contributed by atoms with Crippen molar-refractivity contribution >= 4 is 43.3 Å². The Morgan fingerprint density at radius 2 is 1.53 bits per heavy atom. The molecule has 86 valence electrons. The predicted molar refractivity (Wildman–Crippen MR) is 76.1 cm³/mol. The van der Waals surface area contributed by atoms with Crippen molar-refractivity contribution in [2.45, 2.75) is 0 Å². The third-order valence-corrected chi connectivity index (χ3v) is 3.28. The van der Waals surface area contributed by atoms with Crippen LogP contribution in [0.2, 0.25) is 0 Å². The first-order valence-corrected chi connectivity index (χ1v) is 6.51. The maximum atomic E-state index is 12.2. The molecule has 0 bridgehead atoms. The molecule has 0 aliphatic rings. The Balaban J connectivity index is 2.40. The first kappa shape index (κ1) is 12.3. The van der Waals surface area contributed by atoms with Crippen molar-refractivity contribution in [1.29, 1.82) is 0 Å². The number of hydrogen-bond donors (Lipinski definition) is 1. The van der Waals surface area contributed by atoms with Gasteiger partial charge in [-0.15, -0.1) is 0 Å². The summed E-state index contributed by atoms with van der Waals surface area (Å²) in [6.07, 6.45) is 0. The third kappa shape index (κ3) is 2.96. The van der Waals surface area contributed by atoms with Gasteiger partial charge in [0.25, 0.3) is 0 Å². The number of hydrogen-bond acceptors (Lipinski definition) is 2. The van der Waals surface area contributed by atoms with Crippen molar-refractivity contribution in [3.05, 3.63) is 62.5 Å². The smallest absolute Gasteiger partial charge is 0.193 e. The fraction of sp³-hybridized carbons (Fsp3) is 0. The van der Waals surface area contributed by atoms with Gasteiger partial charge in [-0.2, -0.15) is 0 Å². The quantitative estimate of drug-likeness (QED) is 0.653. The van der Waals surface area contributed by atoms with Gasteiger partial charge in [0.1, 0.15) is 0 Å². The van der Waals surface area contributed by atoms with E-state index in [4.69, 9.17) is 5.73 Å². The summed E-state index contributed by atoms with van der Waals surface area (Å²) in [6.45, 7) is 0. The fourth-order valence-electron chi connectivity index (χ4n) is 1.51. The average molecular weight is 355 g/mol. The summed E-state index contributed by atoms with van der Waals surface area (Å²) in [5.74, 6) is -0.0366. The molecule has 0 aromatic heterocycles. The van der Waals surface area contributed by atoms with Crippen molar-refractivity contribution in [3.63, 3.8) is 0 Å². The maximum Gasteiger partial charge on any atom is 0.193 e. The number of rotatable bonds is 2. The van der Waals surface area contributed by atoms with Crippen molar-refractivity contribution in [3.8, 4) is 0 Å². The van der Waals surface area contributed by atoms with Gasteiger partial charge in [0.2, 0.25) is 0 Å². The molecule has 0 heterocycles. The van der Waals surface area contributed by atoms with E-state index in [1.165, 1.54) is 0 Å². The third-order valence-electron chi connectivity index (χ3n) is 2.29. The average Bonchev–Trinajstić information content (AvgIpc) is 2.28. The summed E-state index contributed by atoms with van der Waals surface area (Å²) in [5.41, 5.74) is 7.51. The van der Waals surface area contributed by atoms with Crippen LogP contribution in [-0.2, 0) is 0 Å². The monoisotopic (exact) mass is 353 g/mol. The van der Waals surface area contributed by atoms with E-state index in [1.807, 2.05) is 12.1 Å². The number of benzene rings is 2. The van der Waals surface area contributed by atoms with Crippen LogP contribution in [0.15, 0.2) is 51.4 Å². The molecule has 4 heteroatoms. The van der Waals surface area contributed by atoms with Crippen LogP contribution in [0.3, 0.4) is 0 Å². The lowest BCUT2D eigenvalue weighted by Gasteiger charge is -2.04. The summed E-state index contributed by atoms with van der Waals surface area (Å²) >= 11 is 6.66. The minimum atomic E-state index is -0.0366. The van der Waals surface area contributed by atoms with E-state index in [1.54, 1.807) is 30.3 Å². The van der Waals surface area contributed by atoms with Gasteiger partial charge in [-0.05, 0) is 42.5 Å². The Morgan fingerprint density at radius 1 is 0.882 bits per heavy atom. The van der Waals surface area contributed by atoms with E-state index < -0.39 is 0 Å². The molecular weight excluding hydrogens is 346 g/mol. The van der Waals surface area contributed by atoms with Gasteiger partial charge in [-0.3, -0.25) is 4.79 Å². The molecule has 2 nitrogen and oxygen atoms in total. The first-order chi connectivity index (χ1) is 8.06. The van der Waals surface area contributed by atoms with Crippen LogP contribution in [0, 0.1) is 0 Å². The topological polar surface area (TPSA) is 43.1 Å². The molecule has 0 atom stereocenters. The molecule has 0 radical (unpaired) electrons. The molecular formula is C13H9Br2NO. The van der Waals surface area contributed by atoms with Crippen LogP contribution >= 0.6 is 31.9 Å². The lowest BCUT2D eigenvalue weighted by atomic mass is 10.0. The van der Waals surface area contributed by atoms with Crippen LogP contribution in [0.25, 0.3) is 0 Å². The molecule has 0 unspecified atom stereocenters. The number of anilines is 1. The molecule has 2 N–H and O–H groups in total. The summed E-state index contributed by atoms with van der Waals surface area (Å²) in [5, 5.41) is 0. The zero-order chi connectivity index (χ0) is 12.4. The summed E-state index contributed by atoms with van der Waals surface area (Å²) in [7, 11) is 0. The second-order valence-electron chi connectivity index (χ2n) is 3.61. The van der Waals surface area contributed by atoms with Crippen molar-refractivity contribution in [1.82, 2.24) is 0 Å². The standard InChI is InChI=1S/C13H9Br2NO/c14-10-3-1-8(2-4-10)13(17)9-5-11(15)7-12(16)6-9/h1-7H,16H2. The highest BCUT2D eigenvalue weighted by Gasteiger charge is 2.10. The molecule has 0 saturated heterocycles. The van der Waals surface area contributed by atoms with Gasteiger partial charge in [-0.1, -0.05) is 31.9 Å². The number of nitrogens with two attached hydrogens (primary N) is 1. The van der Waals surface area contributed by atoms with Gasteiger partial charge < -0.3 is 5.73 Å². The van der Waals surface area contributed by atoms with E-state index in [-0.39, 0.29) is 5.78 Å². The molecule has 0 amide bonds. The van der Waals surface area contributed by atoms with E-state index in [2.05, 4.69) is 31.9 Å². The molecule has 2 rings (SSSR count). The molecule has 0 fully saturated rings. The number of carbonyl (C=O) groups excluding carboxylic acids is 1. The van der Waals surface area contributed by atoms with Crippen molar-refractivity contribution in [2.75, 3.05) is 5.73 Å². The molecule has 0 aliphatic heterocycles. The molecule has 0 spiro atoms. The Labute approximate surface area is 116 Å². The second-order valence-corrected chi connectivity index (χ2v) is 5.44. The van der Waals surface area contributed by atoms with E-state index in [9.17, 15) is 4.79 Å². The Kier molecular flexibility index (Phi) is 3.64. The van der Waals surface area contributed by atoms with Gasteiger partial charge in [0.15, 0.2) is 5.78 Å². The zero-order valence-electron chi connectivity index (χ0n) is 8.78. The highest BCUT2D eigenvalue weighted by Crippen LogP contribution is 2.20. The Bertz CT molecular complexity index is 544. The van der Waals surface area contributed by atoms with E-state index in [0.29, 0.717) is 16.8 Å². The van der Waals surface area contributed by atoms with Gasteiger partial charge in [-0.25, -0.2) is 0 Å². The van der Waals surface area contributed by atoms with Crippen molar-refractivity contribution in [2.24, 2.45) is 0 Å². The summed E-state index contributed by atoms with van der Waals surface area (Å²) in [6, 6.07) is 12.4. The van der Waals surface area contributed by atoms with Crippen LogP contribution in [0.1, 0.15) is 15.9 Å². The predicted octanol–water partition coefficient (Wildman–Crippen LogP) is 4.02. The van der Waals surface area contributed by atoms with E-state index >= 15 is 0 Å². The number of ketones is 1. The van der Waals surface area contributed by atoms with Crippen LogP contribution < -0.4 is 5.73 Å². The Hall–Kier alpha value is -1.13. The minimum Gasteiger partial charge on any atom is -0.399 e. The van der Waals surface area contributed by atoms with Crippen LogP contribution in [0.4, 0.5) is 5.69 Å². The molecule has 2 aromatic carbocycles. The van der Waals surface area contributed by atoms with Crippen LogP contribution in [-0.4, -0.2) is 5.78 Å². The lowest BCUT2D eigenvalue weighted by Crippen LogP contribution is -2.02.